The van der Waals surface area contributed by atoms with E-state index in [1.807, 2.05) is 24.3 Å². The van der Waals surface area contributed by atoms with Gasteiger partial charge in [0.2, 0.25) is 5.58 Å². The van der Waals surface area contributed by atoms with Crippen molar-refractivity contribution < 1.29 is 4.42 Å². The third kappa shape index (κ3) is 2.49. The molecule has 126 valence electrons. The Kier molecular flexibility index (Phi) is 3.46. The van der Waals surface area contributed by atoms with Crippen LogP contribution in [0.2, 0.25) is 0 Å². The second-order valence-corrected chi connectivity index (χ2v) is 7.41. The number of thiophene rings is 1. The van der Waals surface area contributed by atoms with Crippen LogP contribution in [-0.4, -0.2) is 21.4 Å². The number of H-pyrrole nitrogens is 1. The molecule has 4 aromatic rings. The van der Waals surface area contributed by atoms with Crippen LogP contribution in [0.1, 0.15) is 29.6 Å². The standard InChI is InChI=1S/C19H17N3O2S/c23-19-18-17(12-5-1-2-7-14(12)24-18)20-16(21-19)11-22-9-3-6-13(22)15-8-4-10-25-15/h1-2,4-5,7-8,10,13H,3,6,9,11H2,(H,20,21,23)/t13-/m0/s1. The average molecular weight is 351 g/mol. The van der Waals surface area contributed by atoms with Gasteiger partial charge in [0.05, 0.1) is 6.54 Å². The van der Waals surface area contributed by atoms with Crippen LogP contribution in [0.25, 0.3) is 22.1 Å². The van der Waals surface area contributed by atoms with Crippen LogP contribution in [0.3, 0.4) is 0 Å². The lowest BCUT2D eigenvalue weighted by atomic mass is 10.2. The van der Waals surface area contributed by atoms with Crippen molar-refractivity contribution in [3.8, 4) is 0 Å². The molecule has 1 N–H and O–H groups in total. The highest BCUT2D eigenvalue weighted by molar-refractivity contribution is 7.10. The molecule has 1 aliphatic heterocycles. The van der Waals surface area contributed by atoms with Gasteiger partial charge < -0.3 is 9.40 Å². The summed E-state index contributed by atoms with van der Waals surface area (Å²) in [6.07, 6.45) is 2.32. The van der Waals surface area contributed by atoms with Gasteiger partial charge in [0, 0.05) is 16.3 Å². The third-order valence-corrected chi connectivity index (χ3v) is 5.84. The lowest BCUT2D eigenvalue weighted by Gasteiger charge is -2.22. The molecule has 1 saturated heterocycles. The molecule has 4 heterocycles. The van der Waals surface area contributed by atoms with Crippen molar-refractivity contribution in [2.45, 2.75) is 25.4 Å². The van der Waals surface area contributed by atoms with E-state index >= 15 is 0 Å². The molecular formula is C19H17N3O2S. The van der Waals surface area contributed by atoms with Crippen LogP contribution in [0.15, 0.2) is 51.0 Å². The number of fused-ring (bicyclic) bond motifs is 3. The number of para-hydroxylation sites is 1. The SMILES string of the molecule is O=c1[nH]c(CN2CCC[C@H]2c2cccs2)nc2c1oc1ccccc12. The zero-order chi connectivity index (χ0) is 16.8. The summed E-state index contributed by atoms with van der Waals surface area (Å²) in [7, 11) is 0. The van der Waals surface area contributed by atoms with Crippen molar-refractivity contribution in [3.05, 3.63) is 62.8 Å². The zero-order valence-corrected chi connectivity index (χ0v) is 14.4. The smallest absolute Gasteiger partial charge is 0.294 e. The zero-order valence-electron chi connectivity index (χ0n) is 13.6. The molecule has 0 unspecified atom stereocenters. The number of furan rings is 1. The molecule has 1 aromatic carbocycles. The van der Waals surface area contributed by atoms with Gasteiger partial charge >= 0.3 is 0 Å². The van der Waals surface area contributed by atoms with Crippen molar-refractivity contribution in [2.24, 2.45) is 0 Å². The Morgan fingerprint density at radius 2 is 2.20 bits per heavy atom. The van der Waals surface area contributed by atoms with E-state index in [2.05, 4.69) is 27.4 Å². The summed E-state index contributed by atoms with van der Waals surface area (Å²) in [6.45, 7) is 1.67. The van der Waals surface area contributed by atoms with Crippen LogP contribution < -0.4 is 5.56 Å². The lowest BCUT2D eigenvalue weighted by Crippen LogP contribution is -2.25. The first-order chi connectivity index (χ1) is 12.3. The largest absolute Gasteiger partial charge is 0.449 e. The summed E-state index contributed by atoms with van der Waals surface area (Å²) in [5.74, 6) is 0.701. The van der Waals surface area contributed by atoms with Gasteiger partial charge in [-0.25, -0.2) is 4.98 Å². The summed E-state index contributed by atoms with van der Waals surface area (Å²) < 4.78 is 5.67. The Bertz CT molecular complexity index is 1100. The first kappa shape index (κ1) is 14.9. The Morgan fingerprint density at radius 1 is 1.28 bits per heavy atom. The van der Waals surface area contributed by atoms with E-state index in [9.17, 15) is 4.79 Å². The maximum Gasteiger partial charge on any atom is 0.294 e. The molecule has 0 amide bonds. The van der Waals surface area contributed by atoms with Gasteiger partial charge in [0.1, 0.15) is 16.9 Å². The van der Waals surface area contributed by atoms with Gasteiger partial charge in [0.25, 0.3) is 5.56 Å². The molecule has 1 aliphatic rings. The van der Waals surface area contributed by atoms with E-state index in [0.717, 1.165) is 18.4 Å². The quantitative estimate of drug-likeness (QED) is 0.604. The number of aromatic amines is 1. The normalized spacial score (nSPS) is 18.5. The maximum absolute atomic E-state index is 12.4. The fourth-order valence-electron chi connectivity index (χ4n) is 3.73. The Hall–Kier alpha value is -2.44. The average Bonchev–Trinajstić information content (AvgIpc) is 3.34. The highest BCUT2D eigenvalue weighted by atomic mass is 32.1. The highest BCUT2D eigenvalue weighted by Crippen LogP contribution is 2.35. The highest BCUT2D eigenvalue weighted by Gasteiger charge is 2.27. The predicted octanol–water partition coefficient (Wildman–Crippen LogP) is 4.07. The monoisotopic (exact) mass is 351 g/mol. The van der Waals surface area contributed by atoms with E-state index in [0.29, 0.717) is 35.1 Å². The third-order valence-electron chi connectivity index (χ3n) is 4.87. The molecular weight excluding hydrogens is 334 g/mol. The van der Waals surface area contributed by atoms with Crippen LogP contribution in [0, 0.1) is 0 Å². The second-order valence-electron chi connectivity index (χ2n) is 6.43. The molecule has 0 saturated carbocycles. The maximum atomic E-state index is 12.4. The molecule has 5 rings (SSSR count). The topological polar surface area (TPSA) is 62.1 Å². The van der Waals surface area contributed by atoms with E-state index in [4.69, 9.17) is 9.40 Å². The van der Waals surface area contributed by atoms with Crippen molar-refractivity contribution >= 4 is 33.4 Å². The van der Waals surface area contributed by atoms with E-state index in [-0.39, 0.29) is 5.56 Å². The van der Waals surface area contributed by atoms with Gasteiger partial charge in [-0.3, -0.25) is 9.69 Å². The van der Waals surface area contributed by atoms with Gasteiger partial charge in [0.15, 0.2) is 0 Å². The van der Waals surface area contributed by atoms with Gasteiger partial charge in [-0.15, -0.1) is 11.3 Å². The summed E-state index contributed by atoms with van der Waals surface area (Å²) in [6, 6.07) is 12.4. The van der Waals surface area contributed by atoms with Crippen molar-refractivity contribution in [1.29, 1.82) is 0 Å². The van der Waals surface area contributed by atoms with E-state index in [1.54, 1.807) is 11.3 Å². The number of nitrogens with one attached hydrogen (secondary N) is 1. The summed E-state index contributed by atoms with van der Waals surface area (Å²) in [5, 5.41) is 3.01. The number of aromatic nitrogens is 2. The van der Waals surface area contributed by atoms with Crippen molar-refractivity contribution in [3.63, 3.8) is 0 Å². The molecule has 1 atom stereocenters. The van der Waals surface area contributed by atoms with Crippen molar-refractivity contribution in [2.75, 3.05) is 6.54 Å². The summed E-state index contributed by atoms with van der Waals surface area (Å²) >= 11 is 1.79. The van der Waals surface area contributed by atoms with Crippen LogP contribution in [0.5, 0.6) is 0 Å². The van der Waals surface area contributed by atoms with E-state index in [1.165, 1.54) is 11.3 Å². The second kappa shape index (κ2) is 5.82. The van der Waals surface area contributed by atoms with Crippen LogP contribution in [0.4, 0.5) is 0 Å². The molecule has 1 fully saturated rings. The summed E-state index contributed by atoms with van der Waals surface area (Å²) in [5.41, 5.74) is 1.45. The minimum Gasteiger partial charge on any atom is -0.449 e. The number of rotatable bonds is 3. The Balaban J connectivity index is 1.54. The van der Waals surface area contributed by atoms with E-state index < -0.39 is 0 Å². The van der Waals surface area contributed by atoms with Crippen LogP contribution in [-0.2, 0) is 6.54 Å². The molecule has 0 spiro atoms. The number of hydrogen-bond acceptors (Lipinski definition) is 5. The molecule has 0 aliphatic carbocycles. The van der Waals surface area contributed by atoms with Gasteiger partial charge in [-0.05, 0) is 43.0 Å². The summed E-state index contributed by atoms with van der Waals surface area (Å²) in [4.78, 5) is 23.9. The number of benzene rings is 1. The number of hydrogen-bond donors (Lipinski definition) is 1. The number of likely N-dealkylation sites (tertiary alicyclic amines) is 1. The van der Waals surface area contributed by atoms with Gasteiger partial charge in [-0.2, -0.15) is 0 Å². The first-order valence-electron chi connectivity index (χ1n) is 8.47. The predicted molar refractivity (Wildman–Crippen MR) is 98.8 cm³/mol. The first-order valence-corrected chi connectivity index (χ1v) is 9.35. The van der Waals surface area contributed by atoms with Crippen LogP contribution >= 0.6 is 11.3 Å². The molecule has 25 heavy (non-hydrogen) atoms. The number of nitrogens with zero attached hydrogens (tertiary/aromatic N) is 2. The molecule has 0 bridgehead atoms. The fourth-order valence-corrected chi connectivity index (χ4v) is 4.63. The Morgan fingerprint density at radius 3 is 3.08 bits per heavy atom. The van der Waals surface area contributed by atoms with Gasteiger partial charge in [-0.1, -0.05) is 18.2 Å². The molecule has 3 aromatic heterocycles. The fraction of sp³-hybridized carbons (Fsp3) is 0.263. The minimum absolute atomic E-state index is 0.205. The molecule has 5 nitrogen and oxygen atoms in total. The lowest BCUT2D eigenvalue weighted by molar-refractivity contribution is 0.245. The molecule has 0 radical (unpaired) electrons. The molecule has 6 heteroatoms. The van der Waals surface area contributed by atoms with Crippen molar-refractivity contribution in [1.82, 2.24) is 14.9 Å². The minimum atomic E-state index is -0.205. The Labute approximate surface area is 147 Å².